The average molecular weight is 500 g/mol. The molecule has 3 amide bonds. The van der Waals surface area contributed by atoms with Crippen molar-refractivity contribution in [3.63, 3.8) is 0 Å². The fraction of sp³-hybridized carbons (Fsp3) is 0.480. The fourth-order valence-corrected chi connectivity index (χ4v) is 4.02. The zero-order chi connectivity index (χ0) is 26.2. The highest BCUT2D eigenvalue weighted by molar-refractivity contribution is 6.04. The van der Waals surface area contributed by atoms with Crippen LogP contribution in [-0.4, -0.2) is 97.2 Å². The predicted molar refractivity (Wildman–Crippen MR) is 132 cm³/mol. The Bertz CT molecular complexity index is 1070. The van der Waals surface area contributed by atoms with Gasteiger partial charge in [0.1, 0.15) is 24.7 Å². The van der Waals surface area contributed by atoms with Crippen LogP contribution in [0.25, 0.3) is 0 Å². The number of hydrogen-bond acceptors (Lipinski definition) is 8. The molecule has 2 aromatic rings. The lowest BCUT2D eigenvalue weighted by Crippen LogP contribution is -2.49. The number of amides is 3. The molecular weight excluding hydrogens is 466 g/mol. The van der Waals surface area contributed by atoms with Crippen LogP contribution in [0.3, 0.4) is 0 Å². The van der Waals surface area contributed by atoms with Crippen LogP contribution in [0.2, 0.25) is 0 Å². The summed E-state index contributed by atoms with van der Waals surface area (Å²) in [5.41, 5.74) is 0.833. The van der Waals surface area contributed by atoms with Crippen molar-refractivity contribution in [1.82, 2.24) is 19.8 Å². The van der Waals surface area contributed by atoms with Gasteiger partial charge in [-0.15, -0.1) is 0 Å². The average Bonchev–Trinajstić information content (AvgIpc) is 2.88. The molecule has 0 unspecified atom stereocenters. The number of fused-ring (bicyclic) bond motifs is 1. The molecule has 0 bridgehead atoms. The lowest BCUT2D eigenvalue weighted by molar-refractivity contribution is -0.139. The summed E-state index contributed by atoms with van der Waals surface area (Å²) in [5.74, 6) is -0.607. The van der Waals surface area contributed by atoms with E-state index in [2.05, 4.69) is 15.3 Å². The maximum atomic E-state index is 13.4. The summed E-state index contributed by atoms with van der Waals surface area (Å²) in [4.78, 5) is 49.9. The van der Waals surface area contributed by atoms with Gasteiger partial charge in [0.2, 0.25) is 5.91 Å². The van der Waals surface area contributed by atoms with Gasteiger partial charge in [0.15, 0.2) is 0 Å². The summed E-state index contributed by atoms with van der Waals surface area (Å²) in [7, 11) is 4.75. The van der Waals surface area contributed by atoms with Crippen LogP contribution in [0.4, 0.5) is 5.69 Å². The third-order valence-electron chi connectivity index (χ3n) is 6.09. The number of rotatable bonds is 5. The number of likely N-dealkylation sites (N-methyl/N-ethyl adjacent to an activating group) is 1. The van der Waals surface area contributed by atoms with Crippen molar-refractivity contribution in [3.05, 3.63) is 48.0 Å². The second-order valence-electron chi connectivity index (χ2n) is 8.83. The summed E-state index contributed by atoms with van der Waals surface area (Å²) in [6, 6.07) is 4.55. The monoisotopic (exact) mass is 499 g/mol. The van der Waals surface area contributed by atoms with Gasteiger partial charge in [-0.05, 0) is 25.1 Å². The molecule has 0 fully saturated rings. The molecule has 1 N–H and O–H groups in total. The largest absolute Gasteiger partial charge is 0.491 e. The van der Waals surface area contributed by atoms with E-state index in [1.807, 2.05) is 13.8 Å². The van der Waals surface area contributed by atoms with Crippen LogP contribution in [-0.2, 0) is 14.3 Å². The van der Waals surface area contributed by atoms with E-state index >= 15 is 0 Å². The van der Waals surface area contributed by atoms with Crippen molar-refractivity contribution in [2.45, 2.75) is 26.0 Å². The standard InChI is InChI=1S/C25H33N5O6/c1-16-12-30(23(31)15-34-4)17(2)14-36-21-7-6-18(28-24(32)20-11-26-8-9-27-20)10-19(21)25(33)29(3)13-22(16)35-5/h6-11,16-17,22H,12-15H2,1-5H3,(H,28,32)/t16-,17+,22+/m0/s1. The second-order valence-corrected chi connectivity index (χ2v) is 8.83. The number of ether oxygens (including phenoxy) is 3. The van der Waals surface area contributed by atoms with Gasteiger partial charge in [0.05, 0.1) is 23.9 Å². The Morgan fingerprint density at radius 2 is 1.97 bits per heavy atom. The van der Waals surface area contributed by atoms with Crippen molar-refractivity contribution in [2.24, 2.45) is 5.92 Å². The fourth-order valence-electron chi connectivity index (χ4n) is 4.02. The molecule has 1 aliphatic rings. The maximum Gasteiger partial charge on any atom is 0.275 e. The van der Waals surface area contributed by atoms with Gasteiger partial charge in [0.25, 0.3) is 11.8 Å². The minimum absolute atomic E-state index is 0.0431. The predicted octanol–water partition coefficient (Wildman–Crippen LogP) is 1.71. The summed E-state index contributed by atoms with van der Waals surface area (Å²) in [6.45, 7) is 4.71. The molecule has 194 valence electrons. The minimum Gasteiger partial charge on any atom is -0.491 e. The maximum absolute atomic E-state index is 13.4. The number of nitrogens with one attached hydrogen (secondary N) is 1. The zero-order valence-electron chi connectivity index (χ0n) is 21.3. The normalized spacial score (nSPS) is 21.0. The van der Waals surface area contributed by atoms with E-state index in [0.717, 1.165) is 0 Å². The molecule has 0 saturated carbocycles. The van der Waals surface area contributed by atoms with Crippen LogP contribution >= 0.6 is 0 Å². The van der Waals surface area contributed by atoms with E-state index in [1.165, 1.54) is 25.7 Å². The quantitative estimate of drug-likeness (QED) is 0.660. The molecular formula is C25H33N5O6. The zero-order valence-corrected chi connectivity index (χ0v) is 21.3. The molecule has 1 aliphatic heterocycles. The number of aromatic nitrogens is 2. The molecule has 0 aliphatic carbocycles. The third kappa shape index (κ3) is 6.55. The van der Waals surface area contributed by atoms with E-state index in [1.54, 1.807) is 42.2 Å². The minimum atomic E-state index is -0.452. The van der Waals surface area contributed by atoms with Gasteiger partial charge in [-0.25, -0.2) is 4.98 Å². The Morgan fingerprint density at radius 1 is 1.19 bits per heavy atom. The Kier molecular flexibility index (Phi) is 9.31. The van der Waals surface area contributed by atoms with E-state index in [4.69, 9.17) is 14.2 Å². The van der Waals surface area contributed by atoms with Crippen LogP contribution in [0, 0.1) is 5.92 Å². The number of carbonyl (C=O) groups is 3. The molecule has 3 atom stereocenters. The lowest BCUT2D eigenvalue weighted by Gasteiger charge is -2.36. The van der Waals surface area contributed by atoms with Gasteiger partial charge >= 0.3 is 0 Å². The van der Waals surface area contributed by atoms with E-state index in [0.29, 0.717) is 24.5 Å². The second kappa shape index (κ2) is 12.4. The van der Waals surface area contributed by atoms with Gasteiger partial charge in [-0.2, -0.15) is 0 Å². The number of nitrogens with zero attached hydrogens (tertiary/aromatic N) is 4. The van der Waals surface area contributed by atoms with Crippen molar-refractivity contribution in [1.29, 1.82) is 0 Å². The highest BCUT2D eigenvalue weighted by Gasteiger charge is 2.30. The Hall–Kier alpha value is -3.57. The summed E-state index contributed by atoms with van der Waals surface area (Å²) in [6.07, 6.45) is 3.94. The molecule has 1 aromatic heterocycles. The number of methoxy groups -OCH3 is 2. The number of carbonyl (C=O) groups excluding carboxylic acids is 3. The molecule has 0 spiro atoms. The van der Waals surface area contributed by atoms with Gasteiger partial charge < -0.3 is 29.3 Å². The van der Waals surface area contributed by atoms with Crippen LogP contribution in [0.1, 0.15) is 34.7 Å². The summed E-state index contributed by atoms with van der Waals surface area (Å²) in [5, 5.41) is 2.74. The Labute approximate surface area is 210 Å². The molecule has 0 saturated heterocycles. The highest BCUT2D eigenvalue weighted by atomic mass is 16.5. The van der Waals surface area contributed by atoms with Crippen molar-refractivity contribution in [2.75, 3.05) is 52.9 Å². The molecule has 36 heavy (non-hydrogen) atoms. The molecule has 2 heterocycles. The topological polar surface area (TPSA) is 123 Å². The number of benzene rings is 1. The van der Waals surface area contributed by atoms with Gasteiger partial charge in [-0.1, -0.05) is 6.92 Å². The first-order chi connectivity index (χ1) is 17.2. The first kappa shape index (κ1) is 27.0. The van der Waals surface area contributed by atoms with Crippen molar-refractivity contribution >= 4 is 23.4 Å². The molecule has 11 nitrogen and oxygen atoms in total. The lowest BCUT2D eigenvalue weighted by atomic mass is 10.0. The smallest absolute Gasteiger partial charge is 0.275 e. The van der Waals surface area contributed by atoms with Gasteiger partial charge in [0, 0.05) is 58.4 Å². The van der Waals surface area contributed by atoms with Gasteiger partial charge in [-0.3, -0.25) is 19.4 Å². The first-order valence-corrected chi connectivity index (χ1v) is 11.7. The summed E-state index contributed by atoms with van der Waals surface area (Å²) < 4.78 is 16.8. The number of anilines is 1. The molecule has 11 heteroatoms. The van der Waals surface area contributed by atoms with Crippen LogP contribution in [0.15, 0.2) is 36.8 Å². The highest BCUT2D eigenvalue weighted by Crippen LogP contribution is 2.26. The van der Waals surface area contributed by atoms with Crippen molar-refractivity contribution in [3.8, 4) is 5.75 Å². The molecule has 3 rings (SSSR count). The number of hydrogen-bond donors (Lipinski definition) is 1. The van der Waals surface area contributed by atoms with Crippen LogP contribution < -0.4 is 10.1 Å². The van der Waals surface area contributed by atoms with Crippen LogP contribution in [0.5, 0.6) is 5.75 Å². The SMILES string of the molecule is COCC(=O)N1C[C@H](C)[C@H](OC)CN(C)C(=O)c2cc(NC(=O)c3cnccn3)ccc2OC[C@H]1C. The first-order valence-electron chi connectivity index (χ1n) is 11.7. The Balaban J connectivity index is 1.93. The van der Waals surface area contributed by atoms with Crippen molar-refractivity contribution < 1.29 is 28.6 Å². The van der Waals surface area contributed by atoms with E-state index < -0.39 is 5.91 Å². The Morgan fingerprint density at radius 3 is 2.64 bits per heavy atom. The third-order valence-corrected chi connectivity index (χ3v) is 6.09. The van der Waals surface area contributed by atoms with E-state index in [-0.39, 0.29) is 54.3 Å². The van der Waals surface area contributed by atoms with E-state index in [9.17, 15) is 14.4 Å². The summed E-state index contributed by atoms with van der Waals surface area (Å²) >= 11 is 0. The molecule has 0 radical (unpaired) electrons. The molecule has 1 aromatic carbocycles.